The van der Waals surface area contributed by atoms with Crippen LogP contribution in [0.3, 0.4) is 0 Å². The summed E-state index contributed by atoms with van der Waals surface area (Å²) in [6.07, 6.45) is 5.38. The maximum atomic E-state index is 10.7. The maximum absolute atomic E-state index is 10.7. The van der Waals surface area contributed by atoms with Crippen molar-refractivity contribution in [3.63, 3.8) is 0 Å². The lowest BCUT2D eigenvalue weighted by Crippen LogP contribution is -2.37. The molecule has 4 heteroatoms. The quantitative estimate of drug-likeness (QED) is 0.620. The molecule has 0 rings (SSSR count). The number of thioether (sulfide) groups is 1. The Morgan fingerprint density at radius 2 is 2.13 bits per heavy atom. The van der Waals surface area contributed by atoms with Gasteiger partial charge in [0.25, 0.3) is 0 Å². The fourth-order valence-corrected chi connectivity index (χ4v) is 1.94. The van der Waals surface area contributed by atoms with E-state index >= 15 is 0 Å². The zero-order valence-corrected chi connectivity index (χ0v) is 10.8. The summed E-state index contributed by atoms with van der Waals surface area (Å²) in [5.74, 6) is 0.446. The average Bonchev–Trinajstić information content (AvgIpc) is 2.21. The highest BCUT2D eigenvalue weighted by Crippen LogP contribution is 2.07. The number of nitrogens with zero attached hydrogens (tertiary/aromatic N) is 1. The Morgan fingerprint density at radius 1 is 1.47 bits per heavy atom. The van der Waals surface area contributed by atoms with E-state index in [9.17, 15) is 4.79 Å². The van der Waals surface area contributed by atoms with Gasteiger partial charge in [0, 0.05) is 6.04 Å². The van der Waals surface area contributed by atoms with Crippen LogP contribution in [0.1, 0.15) is 33.1 Å². The molecule has 0 aliphatic carbocycles. The van der Waals surface area contributed by atoms with Crippen molar-refractivity contribution in [2.75, 3.05) is 25.1 Å². The Kier molecular flexibility index (Phi) is 8.91. The molecular formula is C11H23NO2S. The van der Waals surface area contributed by atoms with E-state index in [1.807, 2.05) is 11.8 Å². The second kappa shape index (κ2) is 9.04. The van der Waals surface area contributed by atoms with Gasteiger partial charge in [-0.25, -0.2) is 0 Å². The van der Waals surface area contributed by atoms with Crippen molar-refractivity contribution in [2.24, 2.45) is 0 Å². The molecule has 0 saturated heterocycles. The molecule has 1 N–H and O–H groups in total. The molecule has 1 unspecified atom stereocenters. The molecular weight excluding hydrogens is 210 g/mol. The molecule has 0 aromatic heterocycles. The van der Waals surface area contributed by atoms with Crippen LogP contribution in [-0.4, -0.2) is 47.1 Å². The van der Waals surface area contributed by atoms with E-state index < -0.39 is 5.97 Å². The monoisotopic (exact) mass is 233 g/mol. The SMILES string of the molecule is CCC(C)N(CCCCSC)CC(=O)O. The Labute approximate surface area is 97.2 Å². The van der Waals surface area contributed by atoms with Crippen molar-refractivity contribution in [1.82, 2.24) is 4.90 Å². The first-order valence-electron chi connectivity index (χ1n) is 5.56. The second-order valence-corrected chi connectivity index (χ2v) is 4.81. The fourth-order valence-electron chi connectivity index (χ4n) is 1.45. The lowest BCUT2D eigenvalue weighted by molar-refractivity contribution is -0.138. The van der Waals surface area contributed by atoms with E-state index in [4.69, 9.17) is 5.11 Å². The maximum Gasteiger partial charge on any atom is 0.317 e. The zero-order valence-electron chi connectivity index (χ0n) is 10.0. The first-order valence-corrected chi connectivity index (χ1v) is 6.96. The Balaban J connectivity index is 3.85. The molecule has 0 aliphatic heterocycles. The van der Waals surface area contributed by atoms with Crippen molar-refractivity contribution in [3.05, 3.63) is 0 Å². The van der Waals surface area contributed by atoms with Gasteiger partial charge in [0.1, 0.15) is 0 Å². The predicted molar refractivity (Wildman–Crippen MR) is 66.6 cm³/mol. The van der Waals surface area contributed by atoms with Crippen LogP contribution in [0, 0.1) is 0 Å². The van der Waals surface area contributed by atoms with Gasteiger partial charge in [0.05, 0.1) is 6.54 Å². The molecule has 3 nitrogen and oxygen atoms in total. The van der Waals surface area contributed by atoms with Crippen LogP contribution in [0.15, 0.2) is 0 Å². The average molecular weight is 233 g/mol. The number of hydrogen-bond acceptors (Lipinski definition) is 3. The van der Waals surface area contributed by atoms with E-state index in [1.54, 1.807) is 0 Å². The molecule has 0 fully saturated rings. The third kappa shape index (κ3) is 7.68. The third-order valence-electron chi connectivity index (χ3n) is 2.60. The number of hydrogen-bond donors (Lipinski definition) is 1. The van der Waals surface area contributed by atoms with Crippen molar-refractivity contribution < 1.29 is 9.90 Å². The van der Waals surface area contributed by atoms with E-state index in [0.717, 1.165) is 19.4 Å². The van der Waals surface area contributed by atoms with Gasteiger partial charge in [-0.3, -0.25) is 9.69 Å². The fraction of sp³-hybridized carbons (Fsp3) is 0.909. The van der Waals surface area contributed by atoms with Gasteiger partial charge in [-0.05, 0) is 44.7 Å². The number of carboxylic acid groups (broad SMARTS) is 1. The summed E-state index contributed by atoms with van der Waals surface area (Å²) >= 11 is 1.85. The zero-order chi connectivity index (χ0) is 11.7. The van der Waals surface area contributed by atoms with Gasteiger partial charge in [-0.1, -0.05) is 6.92 Å². The second-order valence-electron chi connectivity index (χ2n) is 3.82. The van der Waals surface area contributed by atoms with E-state index in [-0.39, 0.29) is 6.54 Å². The minimum atomic E-state index is -0.722. The molecule has 0 aromatic rings. The Morgan fingerprint density at radius 3 is 2.60 bits per heavy atom. The van der Waals surface area contributed by atoms with E-state index in [2.05, 4.69) is 25.0 Å². The van der Waals surface area contributed by atoms with Crippen molar-refractivity contribution in [1.29, 1.82) is 0 Å². The topological polar surface area (TPSA) is 40.5 Å². The predicted octanol–water partition coefficient (Wildman–Crippen LogP) is 2.31. The highest BCUT2D eigenvalue weighted by molar-refractivity contribution is 7.98. The molecule has 0 heterocycles. The molecule has 0 amide bonds. The lowest BCUT2D eigenvalue weighted by atomic mass is 10.2. The van der Waals surface area contributed by atoms with Gasteiger partial charge in [-0.15, -0.1) is 0 Å². The summed E-state index contributed by atoms with van der Waals surface area (Å²) in [5.41, 5.74) is 0. The molecule has 15 heavy (non-hydrogen) atoms. The van der Waals surface area contributed by atoms with Crippen LogP contribution >= 0.6 is 11.8 Å². The highest BCUT2D eigenvalue weighted by Gasteiger charge is 2.14. The minimum Gasteiger partial charge on any atom is -0.480 e. The molecule has 0 aromatic carbocycles. The Bertz CT molecular complexity index is 176. The highest BCUT2D eigenvalue weighted by atomic mass is 32.2. The van der Waals surface area contributed by atoms with Crippen LogP contribution < -0.4 is 0 Å². The number of aliphatic carboxylic acids is 1. The van der Waals surface area contributed by atoms with Gasteiger partial charge in [0.15, 0.2) is 0 Å². The molecule has 0 bridgehead atoms. The lowest BCUT2D eigenvalue weighted by Gasteiger charge is -2.26. The normalized spacial score (nSPS) is 13.1. The van der Waals surface area contributed by atoms with Crippen LogP contribution in [0.4, 0.5) is 0 Å². The number of carboxylic acids is 1. The smallest absolute Gasteiger partial charge is 0.317 e. The van der Waals surface area contributed by atoms with Gasteiger partial charge < -0.3 is 5.11 Å². The summed E-state index contributed by atoms with van der Waals surface area (Å²) in [6.45, 7) is 5.27. The standard InChI is InChI=1S/C11H23NO2S/c1-4-10(2)12(9-11(13)14)7-5-6-8-15-3/h10H,4-9H2,1-3H3,(H,13,14). The van der Waals surface area contributed by atoms with Crippen molar-refractivity contribution in [3.8, 4) is 0 Å². The van der Waals surface area contributed by atoms with Gasteiger partial charge >= 0.3 is 5.97 Å². The Hall–Kier alpha value is -0.220. The summed E-state index contributed by atoms with van der Waals surface area (Å²) in [5, 5.41) is 8.79. The summed E-state index contributed by atoms with van der Waals surface area (Å²) in [6, 6.07) is 0.371. The van der Waals surface area contributed by atoms with E-state index in [1.165, 1.54) is 12.2 Å². The molecule has 1 atom stereocenters. The number of rotatable bonds is 9. The molecule has 0 radical (unpaired) electrons. The molecule has 0 saturated carbocycles. The van der Waals surface area contributed by atoms with Crippen LogP contribution in [0.25, 0.3) is 0 Å². The molecule has 0 aliphatic rings. The minimum absolute atomic E-state index is 0.175. The van der Waals surface area contributed by atoms with E-state index in [0.29, 0.717) is 6.04 Å². The molecule has 90 valence electrons. The summed E-state index contributed by atoms with van der Waals surface area (Å²) in [4.78, 5) is 12.7. The third-order valence-corrected chi connectivity index (χ3v) is 3.29. The number of unbranched alkanes of at least 4 members (excludes halogenated alkanes) is 1. The van der Waals surface area contributed by atoms with Crippen molar-refractivity contribution in [2.45, 2.75) is 39.2 Å². The van der Waals surface area contributed by atoms with Crippen LogP contribution in [0.2, 0.25) is 0 Å². The molecule has 0 spiro atoms. The van der Waals surface area contributed by atoms with Crippen LogP contribution in [0.5, 0.6) is 0 Å². The van der Waals surface area contributed by atoms with Gasteiger partial charge in [-0.2, -0.15) is 11.8 Å². The largest absolute Gasteiger partial charge is 0.480 e. The summed E-state index contributed by atoms with van der Waals surface area (Å²) in [7, 11) is 0. The first-order chi connectivity index (χ1) is 7.11. The van der Waals surface area contributed by atoms with Crippen LogP contribution in [-0.2, 0) is 4.79 Å². The van der Waals surface area contributed by atoms with Crippen molar-refractivity contribution >= 4 is 17.7 Å². The summed E-state index contributed by atoms with van der Waals surface area (Å²) < 4.78 is 0. The number of carbonyl (C=O) groups is 1. The first kappa shape index (κ1) is 14.8. The van der Waals surface area contributed by atoms with Gasteiger partial charge in [0.2, 0.25) is 0 Å².